The van der Waals surface area contributed by atoms with Crippen LogP contribution in [0.4, 0.5) is 17.1 Å². The van der Waals surface area contributed by atoms with Gasteiger partial charge in [-0.25, -0.2) is 0 Å². The van der Waals surface area contributed by atoms with Crippen LogP contribution in [0.5, 0.6) is 5.75 Å². The van der Waals surface area contributed by atoms with Gasteiger partial charge < -0.3 is 10.5 Å². The summed E-state index contributed by atoms with van der Waals surface area (Å²) >= 11 is 0. The molecule has 0 atom stereocenters. The van der Waals surface area contributed by atoms with Crippen LogP contribution in [0.1, 0.15) is 5.56 Å². The molecule has 3 aromatic carbocycles. The van der Waals surface area contributed by atoms with Crippen LogP contribution in [0.25, 0.3) is 10.8 Å². The van der Waals surface area contributed by atoms with Crippen molar-refractivity contribution in [3.05, 3.63) is 84.7 Å². The first-order chi connectivity index (χ1) is 14.9. The molecule has 0 aliphatic heterocycles. The van der Waals surface area contributed by atoms with Gasteiger partial charge in [0.25, 0.3) is 10.1 Å². The Balaban J connectivity index is 1.58. The lowest BCUT2D eigenvalue weighted by atomic mass is 10.1. The largest absolute Gasteiger partial charge is 0.489 e. The number of azo groups is 1. The van der Waals surface area contributed by atoms with Crippen molar-refractivity contribution >= 4 is 38.0 Å². The van der Waals surface area contributed by atoms with Crippen molar-refractivity contribution in [3.63, 3.8) is 0 Å². The number of rotatable bonds is 6. The number of hydrogen-bond donors (Lipinski definition) is 2. The highest BCUT2D eigenvalue weighted by Crippen LogP contribution is 2.36. The van der Waals surface area contributed by atoms with E-state index in [1.807, 2.05) is 12.1 Å². The maximum absolute atomic E-state index is 11.8. The van der Waals surface area contributed by atoms with Crippen LogP contribution in [-0.2, 0) is 16.7 Å². The molecule has 0 unspecified atom stereocenters. The van der Waals surface area contributed by atoms with E-state index in [0.717, 1.165) is 5.56 Å². The Morgan fingerprint density at radius 1 is 0.968 bits per heavy atom. The Kier molecular flexibility index (Phi) is 5.61. The minimum Gasteiger partial charge on any atom is -0.489 e. The molecule has 1 aromatic heterocycles. The first-order valence-electron chi connectivity index (χ1n) is 9.24. The third-order valence-electron chi connectivity index (χ3n) is 4.54. The van der Waals surface area contributed by atoms with Crippen molar-refractivity contribution in [2.75, 3.05) is 5.73 Å². The van der Waals surface area contributed by atoms with Crippen LogP contribution >= 0.6 is 0 Å². The molecule has 0 spiro atoms. The molecule has 4 aromatic rings. The molecule has 0 fully saturated rings. The summed E-state index contributed by atoms with van der Waals surface area (Å²) in [7, 11) is -4.46. The minimum atomic E-state index is -4.46. The van der Waals surface area contributed by atoms with Gasteiger partial charge in [-0.15, -0.1) is 5.11 Å². The third-order valence-corrected chi connectivity index (χ3v) is 5.44. The number of ether oxygens (including phenoxy) is 1. The predicted octanol–water partition coefficient (Wildman–Crippen LogP) is 5.06. The molecule has 1 heterocycles. The van der Waals surface area contributed by atoms with E-state index in [1.165, 1.54) is 6.07 Å². The number of nitrogen functional groups attached to an aromatic ring is 1. The predicted molar refractivity (Wildman–Crippen MR) is 117 cm³/mol. The van der Waals surface area contributed by atoms with E-state index < -0.39 is 10.1 Å². The van der Waals surface area contributed by atoms with E-state index in [9.17, 15) is 13.0 Å². The van der Waals surface area contributed by atoms with Gasteiger partial charge in [0.15, 0.2) is 0 Å². The average Bonchev–Trinajstić information content (AvgIpc) is 2.78. The fraction of sp³-hybridized carbons (Fsp3) is 0.0455. The zero-order valence-electron chi connectivity index (χ0n) is 16.2. The monoisotopic (exact) mass is 434 g/mol. The molecular weight excluding hydrogens is 416 g/mol. The van der Waals surface area contributed by atoms with Gasteiger partial charge in [-0.05, 0) is 36.4 Å². The van der Waals surface area contributed by atoms with Crippen LogP contribution in [0.15, 0.2) is 94.2 Å². The molecule has 31 heavy (non-hydrogen) atoms. The average molecular weight is 434 g/mol. The fourth-order valence-corrected chi connectivity index (χ4v) is 3.73. The molecule has 0 amide bonds. The minimum absolute atomic E-state index is 0.142. The molecule has 0 radical (unpaired) electrons. The third kappa shape index (κ3) is 4.68. The molecule has 9 heteroatoms. The van der Waals surface area contributed by atoms with Crippen molar-refractivity contribution in [1.82, 2.24) is 4.98 Å². The molecule has 0 bridgehead atoms. The smallest absolute Gasteiger partial charge is 0.295 e. The molecule has 0 saturated heterocycles. The Hall–Kier alpha value is -3.82. The number of nitrogens with two attached hydrogens (primary N) is 1. The lowest BCUT2D eigenvalue weighted by molar-refractivity contribution is 0.306. The Morgan fingerprint density at radius 3 is 2.39 bits per heavy atom. The number of aromatic nitrogens is 1. The Labute approximate surface area is 178 Å². The maximum Gasteiger partial charge on any atom is 0.295 e. The van der Waals surface area contributed by atoms with E-state index in [4.69, 9.17) is 10.5 Å². The fourth-order valence-electron chi connectivity index (χ4n) is 3.02. The van der Waals surface area contributed by atoms with Crippen molar-refractivity contribution < 1.29 is 17.7 Å². The topological polar surface area (TPSA) is 127 Å². The van der Waals surface area contributed by atoms with E-state index >= 15 is 0 Å². The molecule has 156 valence electrons. The van der Waals surface area contributed by atoms with Gasteiger partial charge in [-0.1, -0.05) is 30.3 Å². The van der Waals surface area contributed by atoms with Gasteiger partial charge in [0.2, 0.25) is 0 Å². The lowest BCUT2D eigenvalue weighted by Crippen LogP contribution is -2.01. The van der Waals surface area contributed by atoms with Crippen molar-refractivity contribution in [2.24, 2.45) is 10.2 Å². The van der Waals surface area contributed by atoms with E-state index in [0.29, 0.717) is 28.8 Å². The maximum atomic E-state index is 11.8. The molecule has 0 aliphatic rings. The Bertz CT molecular complexity index is 1360. The van der Waals surface area contributed by atoms with Crippen LogP contribution in [-0.4, -0.2) is 18.0 Å². The first kappa shape index (κ1) is 20.5. The summed E-state index contributed by atoms with van der Waals surface area (Å²) in [6.45, 7) is 0.390. The van der Waals surface area contributed by atoms with Gasteiger partial charge >= 0.3 is 0 Å². The van der Waals surface area contributed by atoms with Gasteiger partial charge in [0.1, 0.15) is 22.9 Å². The summed E-state index contributed by atoms with van der Waals surface area (Å²) in [5.74, 6) is 0.654. The molecule has 8 nitrogen and oxygen atoms in total. The lowest BCUT2D eigenvalue weighted by Gasteiger charge is -2.09. The quantitative estimate of drug-likeness (QED) is 0.248. The molecule has 4 rings (SSSR count). The zero-order valence-corrected chi connectivity index (χ0v) is 17.0. The molecule has 0 aliphatic carbocycles. The highest BCUT2D eigenvalue weighted by atomic mass is 32.2. The highest BCUT2D eigenvalue weighted by Gasteiger charge is 2.18. The SMILES string of the molecule is Nc1c(N=Nc2ccc(OCc3cccnc3)cc2)cc(S(=O)(=O)O)c2ccccc12. The van der Waals surface area contributed by atoms with Crippen molar-refractivity contribution in [2.45, 2.75) is 11.5 Å². The van der Waals surface area contributed by atoms with E-state index in [-0.39, 0.29) is 16.3 Å². The van der Waals surface area contributed by atoms with Gasteiger partial charge in [0, 0.05) is 28.7 Å². The van der Waals surface area contributed by atoms with Crippen molar-refractivity contribution in [1.29, 1.82) is 0 Å². The summed E-state index contributed by atoms with van der Waals surface area (Å²) < 4.78 is 38.9. The number of nitrogens with zero attached hydrogens (tertiary/aromatic N) is 3. The standard InChI is InChI=1S/C22H18N4O4S/c23-22-19-6-2-1-5-18(19)21(31(27,28)29)12-20(22)26-25-16-7-9-17(10-8-16)30-14-15-4-3-11-24-13-15/h1-13H,14,23H2,(H,27,28,29). The van der Waals surface area contributed by atoms with Crippen LogP contribution in [0.2, 0.25) is 0 Å². The number of anilines is 1. The first-order valence-corrected chi connectivity index (χ1v) is 10.7. The second-order valence-electron chi connectivity index (χ2n) is 6.67. The van der Waals surface area contributed by atoms with Crippen LogP contribution in [0.3, 0.4) is 0 Å². The summed E-state index contributed by atoms with van der Waals surface area (Å²) in [5, 5.41) is 9.01. The van der Waals surface area contributed by atoms with Gasteiger partial charge in [0.05, 0.1) is 11.4 Å². The zero-order chi connectivity index (χ0) is 21.8. The molecule has 0 saturated carbocycles. The number of fused-ring (bicyclic) bond motifs is 1. The van der Waals surface area contributed by atoms with Gasteiger partial charge in [-0.3, -0.25) is 9.54 Å². The number of pyridine rings is 1. The van der Waals surface area contributed by atoms with Crippen molar-refractivity contribution in [3.8, 4) is 5.75 Å². The highest BCUT2D eigenvalue weighted by molar-refractivity contribution is 7.86. The Morgan fingerprint density at radius 2 is 1.71 bits per heavy atom. The van der Waals surface area contributed by atoms with Gasteiger partial charge in [-0.2, -0.15) is 13.5 Å². The second kappa shape index (κ2) is 8.50. The summed E-state index contributed by atoms with van der Waals surface area (Å²) in [6.07, 6.45) is 3.43. The number of benzene rings is 3. The van der Waals surface area contributed by atoms with Crippen LogP contribution < -0.4 is 10.5 Å². The molecular formula is C22H18N4O4S. The number of hydrogen-bond acceptors (Lipinski definition) is 7. The van der Waals surface area contributed by atoms with Crippen LogP contribution in [0, 0.1) is 0 Å². The van der Waals surface area contributed by atoms with E-state index in [2.05, 4.69) is 15.2 Å². The summed E-state index contributed by atoms with van der Waals surface area (Å²) in [6, 6.07) is 18.5. The summed E-state index contributed by atoms with van der Waals surface area (Å²) in [5.41, 5.74) is 8.04. The van der Waals surface area contributed by atoms with E-state index in [1.54, 1.807) is 60.9 Å². The summed E-state index contributed by atoms with van der Waals surface area (Å²) in [4.78, 5) is 3.77. The second-order valence-corrected chi connectivity index (χ2v) is 8.06. The molecule has 3 N–H and O–H groups in total. The normalized spacial score (nSPS) is 11.8.